The second-order valence-corrected chi connectivity index (χ2v) is 3.85. The van der Waals surface area contributed by atoms with Crippen molar-refractivity contribution < 1.29 is 36.2 Å². The molecule has 0 saturated carbocycles. The van der Waals surface area contributed by atoms with Crippen molar-refractivity contribution in [3.8, 4) is 5.75 Å². The molecule has 4 nitrogen and oxygen atoms in total. The zero-order chi connectivity index (χ0) is 16.2. The number of pyridine rings is 1. The first-order chi connectivity index (χ1) is 9.72. The van der Waals surface area contributed by atoms with Crippen molar-refractivity contribution >= 4 is 5.97 Å². The summed E-state index contributed by atoms with van der Waals surface area (Å²) < 4.78 is 73.8. The van der Waals surface area contributed by atoms with Crippen molar-refractivity contribution in [1.29, 1.82) is 0 Å². The Hall–Kier alpha value is -1.93. The molecule has 118 valence electrons. The second kappa shape index (κ2) is 6.68. The number of alkyl halides is 5. The van der Waals surface area contributed by atoms with Gasteiger partial charge in [-0.25, -0.2) is 8.78 Å². The minimum atomic E-state index is -5.10. The summed E-state index contributed by atoms with van der Waals surface area (Å²) in [5, 5.41) is 0. The summed E-state index contributed by atoms with van der Waals surface area (Å²) in [6.45, 7) is 1.42. The van der Waals surface area contributed by atoms with Crippen molar-refractivity contribution in [1.82, 2.24) is 4.98 Å². The number of ether oxygens (including phenoxy) is 2. The van der Waals surface area contributed by atoms with Crippen LogP contribution in [-0.2, 0) is 22.1 Å². The van der Waals surface area contributed by atoms with Gasteiger partial charge in [-0.05, 0) is 6.92 Å². The van der Waals surface area contributed by atoms with Crippen LogP contribution in [0.25, 0.3) is 0 Å². The molecular weight excluding hydrogens is 301 g/mol. The molecule has 21 heavy (non-hydrogen) atoms. The van der Waals surface area contributed by atoms with Gasteiger partial charge < -0.3 is 9.47 Å². The highest BCUT2D eigenvalue weighted by molar-refractivity contribution is 5.74. The van der Waals surface area contributed by atoms with Gasteiger partial charge in [-0.15, -0.1) is 0 Å². The molecule has 1 aromatic heterocycles. The van der Waals surface area contributed by atoms with E-state index in [0.717, 1.165) is 13.3 Å². The SMILES string of the molecule is CCOC(=O)Cc1c(OC)cnc(C(F)F)c1C(F)(F)F. The Morgan fingerprint density at radius 1 is 1.38 bits per heavy atom. The van der Waals surface area contributed by atoms with Crippen molar-refractivity contribution in [3.63, 3.8) is 0 Å². The number of carbonyl (C=O) groups is 1. The average Bonchev–Trinajstić information content (AvgIpc) is 2.36. The van der Waals surface area contributed by atoms with E-state index in [0.29, 0.717) is 0 Å². The van der Waals surface area contributed by atoms with E-state index in [1.165, 1.54) is 6.92 Å². The lowest BCUT2D eigenvalue weighted by Gasteiger charge is -2.18. The standard InChI is InChI=1S/C12H12F5NO3/c1-3-21-8(19)4-6-7(20-2)5-18-10(11(13)14)9(6)12(15,16)17/h5,11H,3-4H2,1-2H3. The molecule has 0 saturated heterocycles. The van der Waals surface area contributed by atoms with Crippen LogP contribution in [0.5, 0.6) is 5.75 Å². The number of aromatic nitrogens is 1. The van der Waals surface area contributed by atoms with E-state index in [1.807, 2.05) is 0 Å². The van der Waals surface area contributed by atoms with Gasteiger partial charge in [0.05, 0.1) is 31.9 Å². The molecule has 1 rings (SSSR count). The van der Waals surface area contributed by atoms with Gasteiger partial charge in [-0.3, -0.25) is 9.78 Å². The number of methoxy groups -OCH3 is 1. The van der Waals surface area contributed by atoms with Crippen LogP contribution in [-0.4, -0.2) is 24.7 Å². The van der Waals surface area contributed by atoms with Gasteiger partial charge in [0.15, 0.2) is 0 Å². The summed E-state index contributed by atoms with van der Waals surface area (Å²) in [4.78, 5) is 14.5. The summed E-state index contributed by atoms with van der Waals surface area (Å²) in [5.74, 6) is -1.38. The highest BCUT2D eigenvalue weighted by atomic mass is 19.4. The van der Waals surface area contributed by atoms with Crippen LogP contribution < -0.4 is 4.74 Å². The number of hydrogen-bond donors (Lipinski definition) is 0. The lowest BCUT2D eigenvalue weighted by Crippen LogP contribution is -2.19. The van der Waals surface area contributed by atoms with E-state index in [1.54, 1.807) is 0 Å². The lowest BCUT2D eigenvalue weighted by atomic mass is 10.0. The van der Waals surface area contributed by atoms with Gasteiger partial charge in [0, 0.05) is 5.56 Å². The van der Waals surface area contributed by atoms with Gasteiger partial charge in [0.1, 0.15) is 11.4 Å². The van der Waals surface area contributed by atoms with Crippen LogP contribution in [0, 0.1) is 0 Å². The van der Waals surface area contributed by atoms with E-state index in [2.05, 4.69) is 14.5 Å². The topological polar surface area (TPSA) is 48.4 Å². The molecule has 0 aliphatic carbocycles. The molecule has 1 aromatic rings. The third-order valence-electron chi connectivity index (χ3n) is 2.51. The highest BCUT2D eigenvalue weighted by Crippen LogP contribution is 2.41. The molecule has 1 heterocycles. The third kappa shape index (κ3) is 4.02. The summed E-state index contributed by atoms with van der Waals surface area (Å²) in [7, 11) is 1.05. The number of rotatable bonds is 5. The Labute approximate surface area is 116 Å². The van der Waals surface area contributed by atoms with Gasteiger partial charge in [-0.1, -0.05) is 0 Å². The molecule has 0 spiro atoms. The monoisotopic (exact) mass is 313 g/mol. The minimum Gasteiger partial charge on any atom is -0.495 e. The van der Waals surface area contributed by atoms with E-state index < -0.39 is 47.6 Å². The van der Waals surface area contributed by atoms with E-state index in [-0.39, 0.29) is 6.61 Å². The summed E-state index contributed by atoms with van der Waals surface area (Å²) >= 11 is 0. The van der Waals surface area contributed by atoms with Gasteiger partial charge in [-0.2, -0.15) is 13.2 Å². The number of nitrogens with zero attached hydrogens (tertiary/aromatic N) is 1. The average molecular weight is 313 g/mol. The largest absolute Gasteiger partial charge is 0.495 e. The van der Waals surface area contributed by atoms with Crippen LogP contribution in [0.4, 0.5) is 22.0 Å². The Morgan fingerprint density at radius 2 is 2.00 bits per heavy atom. The molecular formula is C12H12F5NO3. The number of halogens is 5. The Balaban J connectivity index is 3.48. The fourth-order valence-corrected chi connectivity index (χ4v) is 1.74. The molecule has 0 N–H and O–H groups in total. The molecule has 0 radical (unpaired) electrons. The summed E-state index contributed by atoms with van der Waals surface area (Å²) in [5.41, 5.74) is -3.82. The molecule has 0 bridgehead atoms. The van der Waals surface area contributed by atoms with Crippen molar-refractivity contribution in [2.75, 3.05) is 13.7 Å². The zero-order valence-corrected chi connectivity index (χ0v) is 11.1. The van der Waals surface area contributed by atoms with Crippen LogP contribution in [0.1, 0.15) is 30.2 Å². The van der Waals surface area contributed by atoms with Crippen LogP contribution in [0.15, 0.2) is 6.20 Å². The first-order valence-electron chi connectivity index (χ1n) is 5.79. The molecule has 0 aromatic carbocycles. The van der Waals surface area contributed by atoms with Gasteiger partial charge in [0.2, 0.25) is 0 Å². The Morgan fingerprint density at radius 3 is 2.43 bits per heavy atom. The normalized spacial score (nSPS) is 11.6. The zero-order valence-electron chi connectivity index (χ0n) is 11.1. The molecule has 0 atom stereocenters. The van der Waals surface area contributed by atoms with Crippen molar-refractivity contribution in [2.24, 2.45) is 0 Å². The predicted molar refractivity (Wildman–Crippen MR) is 61.1 cm³/mol. The van der Waals surface area contributed by atoms with Crippen LogP contribution in [0.3, 0.4) is 0 Å². The number of hydrogen-bond acceptors (Lipinski definition) is 4. The molecule has 0 aliphatic heterocycles. The van der Waals surface area contributed by atoms with Crippen LogP contribution in [0.2, 0.25) is 0 Å². The van der Waals surface area contributed by atoms with E-state index in [4.69, 9.17) is 0 Å². The molecule has 9 heteroatoms. The van der Waals surface area contributed by atoms with Crippen molar-refractivity contribution in [3.05, 3.63) is 23.0 Å². The molecule has 0 amide bonds. The predicted octanol–water partition coefficient (Wildman–Crippen LogP) is 3.15. The molecule has 0 unspecified atom stereocenters. The quantitative estimate of drug-likeness (QED) is 0.619. The maximum atomic E-state index is 13.0. The fraction of sp³-hybridized carbons (Fsp3) is 0.500. The Kier molecular flexibility index (Phi) is 5.45. The Bertz CT molecular complexity index is 516. The van der Waals surface area contributed by atoms with Crippen molar-refractivity contribution in [2.45, 2.75) is 25.9 Å². The summed E-state index contributed by atoms with van der Waals surface area (Å²) in [6, 6.07) is 0. The van der Waals surface area contributed by atoms with E-state index in [9.17, 15) is 26.7 Å². The maximum Gasteiger partial charge on any atom is 0.418 e. The van der Waals surface area contributed by atoms with E-state index >= 15 is 0 Å². The lowest BCUT2D eigenvalue weighted by molar-refractivity contribution is -0.144. The highest BCUT2D eigenvalue weighted by Gasteiger charge is 2.41. The number of carbonyl (C=O) groups excluding carboxylic acids is 1. The summed E-state index contributed by atoms with van der Waals surface area (Å²) in [6.07, 6.45) is -8.65. The minimum absolute atomic E-state index is 0.0463. The fourth-order valence-electron chi connectivity index (χ4n) is 1.74. The number of esters is 1. The van der Waals surface area contributed by atoms with Gasteiger partial charge in [0.25, 0.3) is 6.43 Å². The first kappa shape index (κ1) is 17.1. The smallest absolute Gasteiger partial charge is 0.418 e. The van der Waals surface area contributed by atoms with Crippen LogP contribution >= 0.6 is 0 Å². The van der Waals surface area contributed by atoms with Gasteiger partial charge >= 0.3 is 12.1 Å². The molecule has 0 fully saturated rings. The molecule has 0 aliphatic rings. The second-order valence-electron chi connectivity index (χ2n) is 3.85. The first-order valence-corrected chi connectivity index (χ1v) is 5.79. The maximum absolute atomic E-state index is 13.0. The third-order valence-corrected chi connectivity index (χ3v) is 2.51.